The SMILES string of the molecule is CCN(CC(C(C)(F)F)S(=O)(=O)N1CCCCC1)N1CCCCC1. The minimum absolute atomic E-state index is 0.140. The van der Waals surface area contributed by atoms with E-state index >= 15 is 0 Å². The third-order valence-electron chi connectivity index (χ3n) is 5.07. The highest BCUT2D eigenvalue weighted by molar-refractivity contribution is 7.89. The average Bonchev–Trinajstić information content (AvgIpc) is 2.56. The molecule has 0 aromatic carbocycles. The minimum Gasteiger partial charge on any atom is -0.242 e. The van der Waals surface area contributed by atoms with Gasteiger partial charge in [0.15, 0.2) is 5.25 Å². The zero-order valence-electron chi connectivity index (χ0n) is 14.9. The highest BCUT2D eigenvalue weighted by Crippen LogP contribution is 2.29. The number of hydrogen-bond donors (Lipinski definition) is 0. The summed E-state index contributed by atoms with van der Waals surface area (Å²) in [6.45, 7) is 5.41. The van der Waals surface area contributed by atoms with Crippen LogP contribution in [0.1, 0.15) is 52.4 Å². The summed E-state index contributed by atoms with van der Waals surface area (Å²) in [5, 5.41) is 2.17. The molecule has 2 saturated heterocycles. The van der Waals surface area contributed by atoms with E-state index in [0.717, 1.165) is 58.5 Å². The van der Waals surface area contributed by atoms with Gasteiger partial charge in [-0.1, -0.05) is 19.8 Å². The first-order valence-corrected chi connectivity index (χ1v) is 10.6. The third-order valence-corrected chi connectivity index (χ3v) is 7.44. The Labute approximate surface area is 145 Å². The van der Waals surface area contributed by atoms with Gasteiger partial charge in [-0.05, 0) is 25.7 Å². The Morgan fingerprint density at radius 2 is 1.50 bits per heavy atom. The van der Waals surface area contributed by atoms with Crippen molar-refractivity contribution in [3.63, 3.8) is 0 Å². The smallest absolute Gasteiger partial charge is 0.242 e. The summed E-state index contributed by atoms with van der Waals surface area (Å²) < 4.78 is 55.5. The monoisotopic (exact) mass is 367 g/mol. The minimum atomic E-state index is -4.01. The van der Waals surface area contributed by atoms with Crippen LogP contribution in [0.3, 0.4) is 0 Å². The number of nitrogens with zero attached hydrogens (tertiary/aromatic N) is 3. The van der Waals surface area contributed by atoms with Crippen LogP contribution in [-0.2, 0) is 10.0 Å². The first-order valence-electron chi connectivity index (χ1n) is 9.13. The first-order chi connectivity index (χ1) is 11.3. The molecule has 0 bridgehead atoms. The van der Waals surface area contributed by atoms with Gasteiger partial charge in [-0.2, -0.15) is 0 Å². The van der Waals surface area contributed by atoms with Crippen molar-refractivity contribution in [1.29, 1.82) is 0 Å². The molecular weight excluding hydrogens is 336 g/mol. The van der Waals surface area contributed by atoms with Crippen molar-refractivity contribution in [3.05, 3.63) is 0 Å². The fourth-order valence-corrected chi connectivity index (χ4v) is 5.62. The molecule has 5 nitrogen and oxygen atoms in total. The molecule has 1 atom stereocenters. The van der Waals surface area contributed by atoms with Crippen molar-refractivity contribution in [3.8, 4) is 0 Å². The van der Waals surface area contributed by atoms with Gasteiger partial charge in [-0.15, -0.1) is 0 Å². The molecule has 1 unspecified atom stereocenters. The Hall–Kier alpha value is -0.310. The molecule has 8 heteroatoms. The number of hydrazine groups is 1. The molecule has 2 rings (SSSR count). The lowest BCUT2D eigenvalue weighted by molar-refractivity contribution is -0.0628. The molecule has 24 heavy (non-hydrogen) atoms. The molecule has 0 amide bonds. The Morgan fingerprint density at radius 3 is 1.96 bits per heavy atom. The van der Waals surface area contributed by atoms with E-state index in [2.05, 4.69) is 0 Å². The van der Waals surface area contributed by atoms with Crippen molar-refractivity contribution < 1.29 is 17.2 Å². The molecule has 0 saturated carbocycles. The Bertz CT molecular complexity index is 484. The summed E-state index contributed by atoms with van der Waals surface area (Å²) in [6.07, 6.45) is 5.68. The summed E-state index contributed by atoms with van der Waals surface area (Å²) in [4.78, 5) is 0. The Kier molecular flexibility index (Phi) is 6.99. The second-order valence-corrected chi connectivity index (χ2v) is 9.08. The molecule has 0 aromatic heterocycles. The molecule has 0 N–H and O–H groups in total. The summed E-state index contributed by atoms with van der Waals surface area (Å²) in [6, 6.07) is 0. The maximum Gasteiger partial charge on any atom is 0.264 e. The van der Waals surface area contributed by atoms with Gasteiger partial charge in [0, 0.05) is 46.2 Å². The van der Waals surface area contributed by atoms with Crippen LogP contribution in [0.4, 0.5) is 8.78 Å². The molecule has 2 heterocycles. The van der Waals surface area contributed by atoms with Crippen LogP contribution in [-0.4, -0.2) is 73.2 Å². The fourth-order valence-electron chi connectivity index (χ4n) is 3.61. The van der Waals surface area contributed by atoms with Crippen molar-refractivity contribution >= 4 is 10.0 Å². The molecule has 0 aliphatic carbocycles. The van der Waals surface area contributed by atoms with E-state index < -0.39 is 21.2 Å². The van der Waals surface area contributed by atoms with Gasteiger partial charge in [0.2, 0.25) is 10.0 Å². The predicted molar refractivity (Wildman–Crippen MR) is 91.4 cm³/mol. The predicted octanol–water partition coefficient (Wildman–Crippen LogP) is 2.55. The van der Waals surface area contributed by atoms with E-state index in [1.807, 2.05) is 16.9 Å². The molecule has 142 valence electrons. The number of halogens is 2. The van der Waals surface area contributed by atoms with Gasteiger partial charge in [0.25, 0.3) is 5.92 Å². The van der Waals surface area contributed by atoms with E-state index in [9.17, 15) is 17.2 Å². The van der Waals surface area contributed by atoms with E-state index in [1.165, 1.54) is 4.31 Å². The number of sulfonamides is 1. The molecule has 2 fully saturated rings. The van der Waals surface area contributed by atoms with Crippen molar-refractivity contribution in [1.82, 2.24) is 14.3 Å². The lowest BCUT2D eigenvalue weighted by Gasteiger charge is -2.40. The maximum atomic E-state index is 14.3. The van der Waals surface area contributed by atoms with Gasteiger partial charge in [0.05, 0.1) is 0 Å². The second kappa shape index (κ2) is 8.38. The fraction of sp³-hybridized carbons (Fsp3) is 1.00. The molecule has 0 spiro atoms. The van der Waals surface area contributed by atoms with Gasteiger partial charge in [-0.3, -0.25) is 0 Å². The highest BCUT2D eigenvalue weighted by Gasteiger charge is 2.48. The second-order valence-electron chi connectivity index (χ2n) is 6.97. The van der Waals surface area contributed by atoms with Crippen LogP contribution in [0.2, 0.25) is 0 Å². The van der Waals surface area contributed by atoms with Gasteiger partial charge in [-0.25, -0.2) is 31.5 Å². The van der Waals surface area contributed by atoms with E-state index in [1.54, 1.807) is 0 Å². The zero-order valence-corrected chi connectivity index (χ0v) is 15.7. The normalized spacial score (nSPS) is 23.5. The van der Waals surface area contributed by atoms with Crippen LogP contribution in [0.15, 0.2) is 0 Å². The quantitative estimate of drug-likeness (QED) is 0.694. The van der Waals surface area contributed by atoms with Crippen molar-refractivity contribution in [2.45, 2.75) is 63.5 Å². The topological polar surface area (TPSA) is 43.9 Å². The van der Waals surface area contributed by atoms with Crippen molar-refractivity contribution in [2.75, 3.05) is 39.3 Å². The maximum absolute atomic E-state index is 14.3. The molecule has 2 aliphatic rings. The zero-order chi connectivity index (χ0) is 17.8. The molecule has 2 aliphatic heterocycles. The largest absolute Gasteiger partial charge is 0.264 e. The number of piperidine rings is 2. The third kappa shape index (κ3) is 4.86. The molecular formula is C16H31F2N3O2S. The molecule has 0 radical (unpaired) electrons. The lowest BCUT2D eigenvalue weighted by atomic mass is 10.1. The number of hydrogen-bond acceptors (Lipinski definition) is 4. The van der Waals surface area contributed by atoms with Crippen LogP contribution >= 0.6 is 0 Å². The van der Waals surface area contributed by atoms with Crippen molar-refractivity contribution in [2.24, 2.45) is 0 Å². The van der Waals surface area contributed by atoms with Crippen LogP contribution < -0.4 is 0 Å². The van der Waals surface area contributed by atoms with Crippen LogP contribution in [0.25, 0.3) is 0 Å². The molecule has 0 aromatic rings. The van der Waals surface area contributed by atoms with E-state index in [4.69, 9.17) is 0 Å². The number of rotatable bonds is 7. The van der Waals surface area contributed by atoms with Gasteiger partial charge in [0.1, 0.15) is 0 Å². The summed E-state index contributed by atoms with van der Waals surface area (Å²) in [7, 11) is -4.01. The standard InChI is InChI=1S/C16H31F2N3O2S/c1-3-19(20-10-6-4-7-11-20)14-15(16(2,17)18)24(22,23)21-12-8-5-9-13-21/h15H,3-14H2,1-2H3. The van der Waals surface area contributed by atoms with Crippen LogP contribution in [0, 0.1) is 0 Å². The van der Waals surface area contributed by atoms with Gasteiger partial charge < -0.3 is 0 Å². The van der Waals surface area contributed by atoms with Gasteiger partial charge >= 0.3 is 0 Å². The average molecular weight is 368 g/mol. The Morgan fingerprint density at radius 1 is 1.00 bits per heavy atom. The summed E-state index contributed by atoms with van der Waals surface area (Å²) in [5.74, 6) is -3.26. The van der Waals surface area contributed by atoms with E-state index in [0.29, 0.717) is 19.6 Å². The number of alkyl halides is 2. The summed E-state index contributed by atoms with van der Waals surface area (Å²) >= 11 is 0. The lowest BCUT2D eigenvalue weighted by Crippen LogP contribution is -2.56. The van der Waals surface area contributed by atoms with Crippen LogP contribution in [0.5, 0.6) is 0 Å². The van der Waals surface area contributed by atoms with E-state index in [-0.39, 0.29) is 6.54 Å². The first kappa shape index (κ1) is 20.0. The Balaban J connectivity index is 2.17. The highest BCUT2D eigenvalue weighted by atomic mass is 32.2. The summed E-state index contributed by atoms with van der Waals surface area (Å²) in [5.41, 5.74) is 0.